The maximum atomic E-state index is 11.3. The van der Waals surface area contributed by atoms with Crippen LogP contribution in [0, 0.1) is 0 Å². The monoisotopic (exact) mass is 287 g/mol. The Hall–Kier alpha value is -2.03. The number of oxime groups is 1. The van der Waals surface area contributed by atoms with E-state index in [1.54, 1.807) is 20.8 Å². The second kappa shape index (κ2) is 6.23. The van der Waals surface area contributed by atoms with Gasteiger partial charge in [0.1, 0.15) is 11.1 Å². The first-order valence-corrected chi connectivity index (χ1v) is 6.05. The molecule has 0 saturated heterocycles. The number of carboxylic acid groups (broad SMARTS) is 1. The van der Waals surface area contributed by atoms with Crippen molar-refractivity contribution >= 4 is 29.2 Å². The van der Waals surface area contributed by atoms with Crippen molar-refractivity contribution in [1.29, 1.82) is 0 Å². The normalized spacial score (nSPS) is 12.1. The van der Waals surface area contributed by atoms with Gasteiger partial charge in [-0.3, -0.25) is 0 Å². The zero-order valence-corrected chi connectivity index (χ0v) is 11.4. The van der Waals surface area contributed by atoms with Crippen LogP contribution in [-0.2, 0) is 19.2 Å². The van der Waals surface area contributed by atoms with Crippen LogP contribution in [0.2, 0.25) is 0 Å². The molecule has 0 bridgehead atoms. The third-order valence-electron chi connectivity index (χ3n) is 1.53. The van der Waals surface area contributed by atoms with Gasteiger partial charge in [0, 0.05) is 0 Å². The van der Waals surface area contributed by atoms with Crippen LogP contribution >= 0.6 is 11.5 Å². The van der Waals surface area contributed by atoms with Gasteiger partial charge in [0.2, 0.25) is 18.1 Å². The van der Waals surface area contributed by atoms with Crippen molar-refractivity contribution in [2.75, 3.05) is 6.61 Å². The molecule has 0 spiro atoms. The topological polar surface area (TPSA) is 111 Å². The minimum absolute atomic E-state index is 0.0679. The minimum Gasteiger partial charge on any atom is -0.476 e. The van der Waals surface area contributed by atoms with Crippen molar-refractivity contribution in [2.45, 2.75) is 26.4 Å². The number of hydrogen-bond donors (Lipinski definition) is 1. The Morgan fingerprint density at radius 3 is 2.63 bits per heavy atom. The van der Waals surface area contributed by atoms with Crippen molar-refractivity contribution in [1.82, 2.24) is 9.36 Å². The molecule has 0 aliphatic carbocycles. The molecule has 0 amide bonds. The molecule has 8 nitrogen and oxygen atoms in total. The average molecular weight is 287 g/mol. The minimum atomic E-state index is -1.34. The van der Waals surface area contributed by atoms with Crippen molar-refractivity contribution in [3.63, 3.8) is 0 Å². The fourth-order valence-electron chi connectivity index (χ4n) is 0.971. The molecule has 0 unspecified atom stereocenters. The lowest BCUT2D eigenvalue weighted by atomic mass is 10.2. The number of esters is 1. The number of aromatic nitrogens is 2. The SMILES string of the molecule is CC(C)(C)OC(=O)CO/N=C(\C(=O)O)c1ncsn1. The van der Waals surface area contributed by atoms with E-state index in [0.717, 1.165) is 11.5 Å². The number of carboxylic acids is 1. The molecule has 104 valence electrons. The number of rotatable bonds is 5. The Kier molecular flexibility index (Phi) is 4.93. The summed E-state index contributed by atoms with van der Waals surface area (Å²) in [6.07, 6.45) is 0. The fourth-order valence-corrected chi connectivity index (χ4v) is 1.40. The van der Waals surface area contributed by atoms with E-state index in [1.807, 2.05) is 0 Å². The predicted molar refractivity (Wildman–Crippen MR) is 65.9 cm³/mol. The number of nitrogens with zero attached hydrogens (tertiary/aromatic N) is 3. The molecule has 19 heavy (non-hydrogen) atoms. The van der Waals surface area contributed by atoms with E-state index >= 15 is 0 Å². The maximum Gasteiger partial charge on any atom is 0.362 e. The fraction of sp³-hybridized carbons (Fsp3) is 0.500. The Morgan fingerprint density at radius 2 is 2.16 bits per heavy atom. The van der Waals surface area contributed by atoms with E-state index in [0.29, 0.717) is 0 Å². The second-order valence-corrected chi connectivity index (χ2v) is 4.96. The van der Waals surface area contributed by atoms with Gasteiger partial charge in [0.25, 0.3) is 0 Å². The summed E-state index contributed by atoms with van der Waals surface area (Å²) in [6.45, 7) is 4.63. The molecular weight excluding hydrogens is 274 g/mol. The van der Waals surface area contributed by atoms with Gasteiger partial charge in [-0.15, -0.1) is 0 Å². The molecule has 0 atom stereocenters. The third kappa shape index (κ3) is 5.42. The Bertz CT molecular complexity index is 478. The summed E-state index contributed by atoms with van der Waals surface area (Å²) in [5, 5.41) is 12.2. The Balaban J connectivity index is 2.59. The standard InChI is InChI=1S/C10H13N3O5S/c1-10(2,3)18-6(14)4-17-12-7(9(15)16)8-11-5-19-13-8/h5H,4H2,1-3H3,(H,15,16)/b12-7-. The van der Waals surface area contributed by atoms with Gasteiger partial charge in [-0.05, 0) is 32.3 Å². The van der Waals surface area contributed by atoms with Crippen molar-refractivity contribution < 1.29 is 24.3 Å². The number of hydrogen-bond acceptors (Lipinski definition) is 8. The van der Waals surface area contributed by atoms with E-state index in [2.05, 4.69) is 19.4 Å². The highest BCUT2D eigenvalue weighted by Crippen LogP contribution is 2.07. The lowest BCUT2D eigenvalue weighted by molar-refractivity contribution is -0.160. The van der Waals surface area contributed by atoms with Crippen LogP contribution in [0.4, 0.5) is 0 Å². The molecule has 1 rings (SSSR count). The molecule has 1 N–H and O–H groups in total. The van der Waals surface area contributed by atoms with Crippen LogP contribution in [-0.4, -0.2) is 44.3 Å². The number of aliphatic carboxylic acids is 1. The van der Waals surface area contributed by atoms with E-state index < -0.39 is 29.9 Å². The van der Waals surface area contributed by atoms with E-state index in [1.165, 1.54) is 5.51 Å². The van der Waals surface area contributed by atoms with Gasteiger partial charge in [-0.2, -0.15) is 4.37 Å². The molecule has 0 radical (unpaired) electrons. The zero-order valence-electron chi connectivity index (χ0n) is 10.6. The number of ether oxygens (including phenoxy) is 1. The van der Waals surface area contributed by atoms with E-state index in [-0.39, 0.29) is 5.82 Å². The van der Waals surface area contributed by atoms with Gasteiger partial charge in [-0.1, -0.05) is 5.16 Å². The largest absolute Gasteiger partial charge is 0.476 e. The van der Waals surface area contributed by atoms with Crippen LogP contribution in [0.15, 0.2) is 10.7 Å². The second-order valence-electron chi connectivity index (χ2n) is 4.36. The highest BCUT2D eigenvalue weighted by Gasteiger charge is 2.19. The molecule has 1 aromatic rings. The quantitative estimate of drug-likeness (QED) is 0.481. The smallest absolute Gasteiger partial charge is 0.362 e. The first-order chi connectivity index (χ1) is 8.79. The lowest BCUT2D eigenvalue weighted by Crippen LogP contribution is -2.26. The highest BCUT2D eigenvalue weighted by atomic mass is 32.1. The summed E-state index contributed by atoms with van der Waals surface area (Å²) < 4.78 is 8.68. The zero-order chi connectivity index (χ0) is 14.5. The average Bonchev–Trinajstić information content (AvgIpc) is 2.74. The molecule has 0 saturated carbocycles. The summed E-state index contributed by atoms with van der Waals surface area (Å²) in [5.74, 6) is -2.06. The molecule has 0 aromatic carbocycles. The Labute approximate surface area is 113 Å². The molecule has 0 aliphatic rings. The van der Waals surface area contributed by atoms with Crippen LogP contribution in [0.5, 0.6) is 0 Å². The third-order valence-corrected chi connectivity index (χ3v) is 2.01. The first kappa shape index (κ1) is 15.0. The van der Waals surface area contributed by atoms with Gasteiger partial charge in [0.05, 0.1) is 0 Å². The predicted octanol–water partition coefficient (Wildman–Crippen LogP) is 0.685. The van der Waals surface area contributed by atoms with Crippen molar-refractivity contribution in [3.05, 3.63) is 11.3 Å². The first-order valence-electron chi connectivity index (χ1n) is 5.21. The summed E-state index contributed by atoms with van der Waals surface area (Å²) in [4.78, 5) is 30.5. The maximum absolute atomic E-state index is 11.3. The highest BCUT2D eigenvalue weighted by molar-refractivity contribution is 7.03. The van der Waals surface area contributed by atoms with E-state index in [4.69, 9.17) is 9.84 Å². The van der Waals surface area contributed by atoms with Gasteiger partial charge in [-0.25, -0.2) is 14.6 Å². The lowest BCUT2D eigenvalue weighted by Gasteiger charge is -2.18. The van der Waals surface area contributed by atoms with Crippen molar-refractivity contribution in [3.8, 4) is 0 Å². The molecule has 0 aliphatic heterocycles. The molecule has 0 fully saturated rings. The van der Waals surface area contributed by atoms with Gasteiger partial charge in [0.15, 0.2) is 0 Å². The summed E-state index contributed by atoms with van der Waals surface area (Å²) >= 11 is 0.980. The van der Waals surface area contributed by atoms with E-state index in [9.17, 15) is 9.59 Å². The van der Waals surface area contributed by atoms with Crippen LogP contribution in [0.3, 0.4) is 0 Å². The number of carbonyl (C=O) groups is 2. The molecular formula is C10H13N3O5S. The Morgan fingerprint density at radius 1 is 1.47 bits per heavy atom. The summed E-state index contributed by atoms with van der Waals surface area (Å²) in [7, 11) is 0. The molecule has 9 heteroatoms. The van der Waals surface area contributed by atoms with Gasteiger partial charge < -0.3 is 14.7 Å². The van der Waals surface area contributed by atoms with Gasteiger partial charge >= 0.3 is 11.9 Å². The number of carbonyl (C=O) groups excluding carboxylic acids is 1. The summed E-state index contributed by atoms with van der Waals surface area (Å²) in [6, 6.07) is 0. The van der Waals surface area contributed by atoms with Crippen LogP contribution < -0.4 is 0 Å². The molecule has 1 aromatic heterocycles. The van der Waals surface area contributed by atoms with Crippen molar-refractivity contribution in [2.24, 2.45) is 5.16 Å². The summed E-state index contributed by atoms with van der Waals surface area (Å²) in [5.41, 5.74) is 0.252. The van der Waals surface area contributed by atoms with Crippen LogP contribution in [0.1, 0.15) is 26.6 Å². The molecule has 1 heterocycles. The van der Waals surface area contributed by atoms with Crippen LogP contribution in [0.25, 0.3) is 0 Å².